The Hall–Kier alpha value is -3.69. The van der Waals surface area contributed by atoms with Gasteiger partial charge in [-0.05, 0) is 48.5 Å². The van der Waals surface area contributed by atoms with E-state index >= 15 is 0 Å². The predicted molar refractivity (Wildman–Crippen MR) is 132 cm³/mol. The minimum absolute atomic E-state index is 0.0722. The second-order valence-electron chi connectivity index (χ2n) is 6.86. The molecule has 0 aliphatic heterocycles. The van der Waals surface area contributed by atoms with Crippen molar-refractivity contribution in [2.24, 2.45) is 0 Å². The molecule has 0 saturated carbocycles. The Morgan fingerprint density at radius 1 is 0.912 bits per heavy atom. The van der Waals surface area contributed by atoms with Gasteiger partial charge in [0.05, 0.1) is 30.6 Å². The van der Waals surface area contributed by atoms with Crippen LogP contribution in [0.2, 0.25) is 5.02 Å². The number of aromatic carboxylic acids is 1. The molecule has 0 unspecified atom stereocenters. The molecular formula is C24H21ClN2O6S. The Morgan fingerprint density at radius 2 is 1.56 bits per heavy atom. The third-order valence-electron chi connectivity index (χ3n) is 4.60. The number of hydrogen-bond donors (Lipinski definition) is 3. The van der Waals surface area contributed by atoms with Gasteiger partial charge < -0.3 is 25.2 Å². The number of methoxy groups -OCH3 is 2. The summed E-state index contributed by atoms with van der Waals surface area (Å²) < 4.78 is 10.6. The lowest BCUT2D eigenvalue weighted by atomic mass is 10.1. The van der Waals surface area contributed by atoms with Crippen LogP contribution >= 0.6 is 23.4 Å². The number of halogens is 1. The lowest BCUT2D eigenvalue weighted by molar-refractivity contribution is -0.113. The van der Waals surface area contributed by atoms with Crippen molar-refractivity contribution < 1.29 is 29.0 Å². The van der Waals surface area contributed by atoms with E-state index in [1.807, 2.05) is 6.07 Å². The van der Waals surface area contributed by atoms with Crippen LogP contribution in [0.1, 0.15) is 20.7 Å². The van der Waals surface area contributed by atoms with Gasteiger partial charge in [0.15, 0.2) is 0 Å². The third kappa shape index (κ3) is 6.21. The second-order valence-corrected chi connectivity index (χ2v) is 8.31. The SMILES string of the molecule is COc1cccc(OC)c1C(=O)Nc1cccc(SCC(=O)Nc2ccc(Cl)c(C(=O)O)c2)c1. The number of carboxylic acid groups (broad SMARTS) is 1. The lowest BCUT2D eigenvalue weighted by Gasteiger charge is -2.13. The zero-order valence-electron chi connectivity index (χ0n) is 18.3. The molecular weight excluding hydrogens is 480 g/mol. The Balaban J connectivity index is 1.64. The molecule has 0 saturated heterocycles. The lowest BCUT2D eigenvalue weighted by Crippen LogP contribution is -2.15. The first kappa shape index (κ1) is 24.9. The van der Waals surface area contributed by atoms with Crippen LogP contribution < -0.4 is 20.1 Å². The molecule has 0 aliphatic carbocycles. The maximum absolute atomic E-state index is 12.9. The van der Waals surface area contributed by atoms with Crippen LogP contribution in [0, 0.1) is 0 Å². The van der Waals surface area contributed by atoms with Crippen molar-refractivity contribution in [2.75, 3.05) is 30.6 Å². The smallest absolute Gasteiger partial charge is 0.337 e. The summed E-state index contributed by atoms with van der Waals surface area (Å²) in [5.41, 5.74) is 1.04. The van der Waals surface area contributed by atoms with E-state index in [1.54, 1.807) is 36.4 Å². The summed E-state index contributed by atoms with van der Waals surface area (Å²) in [5.74, 6) is -1.06. The molecule has 0 heterocycles. The van der Waals surface area contributed by atoms with Crippen molar-refractivity contribution in [3.63, 3.8) is 0 Å². The van der Waals surface area contributed by atoms with E-state index in [0.29, 0.717) is 22.9 Å². The number of carboxylic acids is 1. The Morgan fingerprint density at radius 3 is 2.21 bits per heavy atom. The molecule has 3 aromatic carbocycles. The van der Waals surface area contributed by atoms with Crippen molar-refractivity contribution in [3.8, 4) is 11.5 Å². The minimum Gasteiger partial charge on any atom is -0.496 e. The normalized spacial score (nSPS) is 10.3. The van der Waals surface area contributed by atoms with Gasteiger partial charge in [0.1, 0.15) is 17.1 Å². The molecule has 0 aromatic heterocycles. The van der Waals surface area contributed by atoms with E-state index in [-0.39, 0.29) is 27.8 Å². The van der Waals surface area contributed by atoms with Crippen molar-refractivity contribution >= 4 is 52.5 Å². The summed E-state index contributed by atoms with van der Waals surface area (Å²) in [6.07, 6.45) is 0. The molecule has 3 rings (SSSR count). The highest BCUT2D eigenvalue weighted by molar-refractivity contribution is 8.00. The Kier molecular flexibility index (Phi) is 8.39. The van der Waals surface area contributed by atoms with E-state index in [1.165, 1.54) is 44.2 Å². The zero-order chi connectivity index (χ0) is 24.7. The molecule has 0 atom stereocenters. The molecule has 0 aliphatic rings. The van der Waals surface area contributed by atoms with E-state index in [4.69, 9.17) is 26.2 Å². The summed E-state index contributed by atoms with van der Waals surface area (Å²) in [6.45, 7) is 0. The summed E-state index contributed by atoms with van der Waals surface area (Å²) >= 11 is 7.11. The van der Waals surface area contributed by atoms with Gasteiger partial charge >= 0.3 is 5.97 Å². The highest BCUT2D eigenvalue weighted by atomic mass is 35.5. The first-order valence-electron chi connectivity index (χ1n) is 9.90. The van der Waals surface area contributed by atoms with Gasteiger partial charge in [-0.2, -0.15) is 0 Å². The van der Waals surface area contributed by atoms with Crippen LogP contribution in [0.5, 0.6) is 11.5 Å². The summed E-state index contributed by atoms with van der Waals surface area (Å²) in [6, 6.07) is 16.3. The van der Waals surface area contributed by atoms with Crippen LogP contribution in [0.3, 0.4) is 0 Å². The van der Waals surface area contributed by atoms with Crippen LogP contribution in [0.15, 0.2) is 65.6 Å². The summed E-state index contributed by atoms with van der Waals surface area (Å²) in [4.78, 5) is 37.1. The van der Waals surface area contributed by atoms with E-state index in [9.17, 15) is 14.4 Å². The molecule has 0 spiro atoms. The number of benzene rings is 3. The van der Waals surface area contributed by atoms with Crippen molar-refractivity contribution in [1.82, 2.24) is 0 Å². The molecule has 8 nitrogen and oxygen atoms in total. The van der Waals surface area contributed by atoms with Crippen LogP contribution in [0.25, 0.3) is 0 Å². The molecule has 2 amide bonds. The highest BCUT2D eigenvalue weighted by Crippen LogP contribution is 2.30. The zero-order valence-corrected chi connectivity index (χ0v) is 19.8. The quantitative estimate of drug-likeness (QED) is 0.353. The van der Waals surface area contributed by atoms with E-state index in [2.05, 4.69) is 10.6 Å². The second kappa shape index (κ2) is 11.4. The molecule has 34 heavy (non-hydrogen) atoms. The average Bonchev–Trinajstić information content (AvgIpc) is 2.83. The molecule has 3 aromatic rings. The number of carbonyl (C=O) groups excluding carboxylic acids is 2. The van der Waals surface area contributed by atoms with Gasteiger partial charge in [0.2, 0.25) is 5.91 Å². The monoisotopic (exact) mass is 500 g/mol. The van der Waals surface area contributed by atoms with Gasteiger partial charge in [0, 0.05) is 16.3 Å². The average molecular weight is 501 g/mol. The molecule has 0 radical (unpaired) electrons. The maximum atomic E-state index is 12.9. The van der Waals surface area contributed by atoms with E-state index < -0.39 is 11.9 Å². The fourth-order valence-corrected chi connectivity index (χ4v) is 4.00. The number of rotatable bonds is 9. The number of thioether (sulfide) groups is 1. The van der Waals surface area contributed by atoms with Gasteiger partial charge in [-0.3, -0.25) is 9.59 Å². The largest absolute Gasteiger partial charge is 0.496 e. The molecule has 0 bridgehead atoms. The van der Waals surface area contributed by atoms with Crippen molar-refractivity contribution in [3.05, 3.63) is 76.8 Å². The van der Waals surface area contributed by atoms with Gasteiger partial charge in [-0.1, -0.05) is 23.7 Å². The Bertz CT molecular complexity index is 1210. The molecule has 0 fully saturated rings. The fourth-order valence-electron chi connectivity index (χ4n) is 3.05. The first-order valence-corrected chi connectivity index (χ1v) is 11.3. The fraction of sp³-hybridized carbons (Fsp3) is 0.125. The van der Waals surface area contributed by atoms with E-state index in [0.717, 1.165) is 4.90 Å². The number of amides is 2. The number of anilines is 2. The summed E-state index contributed by atoms with van der Waals surface area (Å²) in [5, 5.41) is 14.7. The Labute approximate surface area is 205 Å². The van der Waals surface area contributed by atoms with Crippen molar-refractivity contribution in [2.45, 2.75) is 4.90 Å². The number of hydrogen-bond acceptors (Lipinski definition) is 6. The topological polar surface area (TPSA) is 114 Å². The summed E-state index contributed by atoms with van der Waals surface area (Å²) in [7, 11) is 2.95. The molecule has 3 N–H and O–H groups in total. The molecule has 10 heteroatoms. The van der Waals surface area contributed by atoms with Crippen molar-refractivity contribution in [1.29, 1.82) is 0 Å². The van der Waals surface area contributed by atoms with Gasteiger partial charge in [-0.15, -0.1) is 11.8 Å². The van der Waals surface area contributed by atoms with Crippen LogP contribution in [-0.2, 0) is 4.79 Å². The highest BCUT2D eigenvalue weighted by Gasteiger charge is 2.18. The first-order chi connectivity index (χ1) is 16.3. The minimum atomic E-state index is -1.18. The van der Waals surface area contributed by atoms with Crippen LogP contribution in [-0.4, -0.2) is 42.9 Å². The maximum Gasteiger partial charge on any atom is 0.337 e. The number of ether oxygens (including phenoxy) is 2. The predicted octanol–water partition coefficient (Wildman–Crippen LogP) is 5.04. The molecule has 176 valence electrons. The third-order valence-corrected chi connectivity index (χ3v) is 5.92. The van der Waals surface area contributed by atoms with Gasteiger partial charge in [-0.25, -0.2) is 4.79 Å². The van der Waals surface area contributed by atoms with Crippen LogP contribution in [0.4, 0.5) is 11.4 Å². The number of nitrogens with one attached hydrogen (secondary N) is 2. The van der Waals surface area contributed by atoms with Gasteiger partial charge in [0.25, 0.3) is 5.91 Å². The number of carbonyl (C=O) groups is 3. The standard InChI is InChI=1S/C24H21ClN2O6S/c1-32-19-7-4-8-20(33-2)22(19)23(29)27-14-5-3-6-16(11-14)34-13-21(28)26-15-9-10-18(25)17(12-15)24(30)31/h3-12H,13H2,1-2H3,(H,26,28)(H,27,29)(H,30,31).